The summed E-state index contributed by atoms with van der Waals surface area (Å²) in [6, 6.07) is 9.60. The molecule has 9 heteroatoms. The number of benzene rings is 1. The Morgan fingerprint density at radius 1 is 1.24 bits per heavy atom. The van der Waals surface area contributed by atoms with Gasteiger partial charge in [0.25, 0.3) is 0 Å². The van der Waals surface area contributed by atoms with E-state index in [4.69, 9.17) is 0 Å². The maximum atomic E-state index is 12.2. The van der Waals surface area contributed by atoms with Gasteiger partial charge in [0, 0.05) is 4.88 Å². The van der Waals surface area contributed by atoms with Gasteiger partial charge in [0.05, 0.1) is 17.1 Å². The highest BCUT2D eigenvalue weighted by atomic mass is 32.2. The zero-order valence-corrected chi connectivity index (χ0v) is 15.0. The molecule has 0 saturated carbocycles. The van der Waals surface area contributed by atoms with Gasteiger partial charge in [0.2, 0.25) is 11.1 Å². The highest BCUT2D eigenvalue weighted by Crippen LogP contribution is 2.29. The summed E-state index contributed by atoms with van der Waals surface area (Å²) in [6.07, 6.45) is 4.48. The smallest absolute Gasteiger partial charge is 0.236 e. The molecule has 1 aliphatic carbocycles. The second kappa shape index (κ2) is 7.32. The van der Waals surface area contributed by atoms with Gasteiger partial charge in [-0.1, -0.05) is 30.0 Å². The summed E-state index contributed by atoms with van der Waals surface area (Å²) >= 11 is 2.89. The van der Waals surface area contributed by atoms with E-state index in [1.54, 1.807) is 16.0 Å². The summed E-state index contributed by atoms with van der Waals surface area (Å²) in [5, 5.41) is 15.9. The molecule has 0 radical (unpaired) electrons. The number of amides is 1. The molecule has 4 rings (SSSR count). The van der Waals surface area contributed by atoms with Crippen molar-refractivity contribution in [1.29, 1.82) is 0 Å². The molecule has 25 heavy (non-hydrogen) atoms. The fourth-order valence-electron chi connectivity index (χ4n) is 2.69. The zero-order valence-electron chi connectivity index (χ0n) is 13.4. The first-order valence-corrected chi connectivity index (χ1v) is 9.85. The zero-order chi connectivity index (χ0) is 17.1. The van der Waals surface area contributed by atoms with Crippen LogP contribution in [0.2, 0.25) is 0 Å². The highest BCUT2D eigenvalue weighted by Gasteiger charge is 2.17. The van der Waals surface area contributed by atoms with Gasteiger partial charge in [-0.3, -0.25) is 4.79 Å². The number of aromatic nitrogens is 5. The van der Waals surface area contributed by atoms with E-state index >= 15 is 0 Å². The van der Waals surface area contributed by atoms with Crippen molar-refractivity contribution in [3.63, 3.8) is 0 Å². The van der Waals surface area contributed by atoms with E-state index in [1.807, 2.05) is 30.3 Å². The highest BCUT2D eigenvalue weighted by molar-refractivity contribution is 7.99. The summed E-state index contributed by atoms with van der Waals surface area (Å²) in [4.78, 5) is 18.1. The summed E-state index contributed by atoms with van der Waals surface area (Å²) in [7, 11) is 0. The van der Waals surface area contributed by atoms with Crippen molar-refractivity contribution >= 4 is 34.1 Å². The molecule has 1 amide bonds. The molecule has 0 saturated heterocycles. The predicted molar refractivity (Wildman–Crippen MR) is 97.3 cm³/mol. The van der Waals surface area contributed by atoms with Crippen LogP contribution < -0.4 is 5.32 Å². The standard InChI is InChI=1S/C16H16N6OS2/c23-14(18-15-17-12-8-4-5-9-13(12)25-15)10-24-16-19-20-21-22(16)11-6-2-1-3-7-11/h1-3,6-7H,4-5,8-10H2,(H,17,18,23). The number of para-hydroxylation sites is 1. The van der Waals surface area contributed by atoms with E-state index in [9.17, 15) is 4.79 Å². The van der Waals surface area contributed by atoms with Crippen LogP contribution in [0.5, 0.6) is 0 Å². The van der Waals surface area contributed by atoms with Gasteiger partial charge in [-0.25, -0.2) is 4.98 Å². The van der Waals surface area contributed by atoms with E-state index in [0.29, 0.717) is 10.3 Å². The van der Waals surface area contributed by atoms with Crippen molar-refractivity contribution in [2.75, 3.05) is 11.1 Å². The molecule has 2 aromatic heterocycles. The molecule has 0 fully saturated rings. The number of carbonyl (C=O) groups is 1. The lowest BCUT2D eigenvalue weighted by molar-refractivity contribution is -0.113. The number of aryl methyl sites for hydroxylation is 2. The number of tetrazole rings is 1. The number of hydrogen-bond donors (Lipinski definition) is 1. The van der Waals surface area contributed by atoms with Crippen molar-refractivity contribution in [3.8, 4) is 5.69 Å². The normalized spacial score (nSPS) is 13.4. The Balaban J connectivity index is 1.38. The number of fused-ring (bicyclic) bond motifs is 1. The monoisotopic (exact) mass is 372 g/mol. The van der Waals surface area contributed by atoms with Crippen molar-refractivity contribution in [2.24, 2.45) is 0 Å². The third kappa shape index (κ3) is 3.72. The molecule has 128 valence electrons. The Morgan fingerprint density at radius 2 is 2.08 bits per heavy atom. The Labute approximate surface area is 152 Å². The summed E-state index contributed by atoms with van der Waals surface area (Å²) < 4.78 is 1.63. The van der Waals surface area contributed by atoms with Gasteiger partial charge in [0.15, 0.2) is 5.13 Å². The third-order valence-corrected chi connectivity index (χ3v) is 5.86. The average molecular weight is 372 g/mol. The first-order valence-electron chi connectivity index (χ1n) is 8.04. The first-order chi connectivity index (χ1) is 12.3. The van der Waals surface area contributed by atoms with Crippen LogP contribution in [0.3, 0.4) is 0 Å². The minimum Gasteiger partial charge on any atom is -0.301 e. The molecule has 1 aliphatic rings. The number of thiazole rings is 1. The lowest BCUT2D eigenvalue weighted by Gasteiger charge is -2.06. The van der Waals surface area contributed by atoms with Gasteiger partial charge in [-0.2, -0.15) is 4.68 Å². The number of thioether (sulfide) groups is 1. The Bertz CT molecular complexity index is 852. The number of nitrogens with zero attached hydrogens (tertiary/aromatic N) is 5. The van der Waals surface area contributed by atoms with Gasteiger partial charge in [0.1, 0.15) is 0 Å². The third-order valence-electron chi connectivity index (χ3n) is 3.87. The minimum absolute atomic E-state index is 0.0984. The van der Waals surface area contributed by atoms with E-state index in [-0.39, 0.29) is 11.7 Å². The summed E-state index contributed by atoms with van der Waals surface area (Å²) in [5.74, 6) is 0.135. The minimum atomic E-state index is -0.0984. The molecule has 7 nitrogen and oxygen atoms in total. The Kier molecular flexibility index (Phi) is 4.75. The van der Waals surface area contributed by atoms with Crippen LogP contribution in [-0.4, -0.2) is 36.9 Å². The topological polar surface area (TPSA) is 85.6 Å². The summed E-state index contributed by atoms with van der Waals surface area (Å²) in [6.45, 7) is 0. The quantitative estimate of drug-likeness (QED) is 0.693. The molecule has 3 aromatic rings. The SMILES string of the molecule is O=C(CSc1nnnn1-c1ccccc1)Nc1nc2c(s1)CCCC2. The maximum absolute atomic E-state index is 12.2. The fraction of sp³-hybridized carbons (Fsp3) is 0.312. The van der Waals surface area contributed by atoms with Crippen LogP contribution in [0, 0.1) is 0 Å². The van der Waals surface area contributed by atoms with E-state index < -0.39 is 0 Å². The molecule has 0 atom stereocenters. The number of rotatable bonds is 5. The largest absolute Gasteiger partial charge is 0.301 e. The van der Waals surface area contributed by atoms with Crippen molar-refractivity contribution in [1.82, 2.24) is 25.2 Å². The molecule has 0 bridgehead atoms. The summed E-state index contributed by atoms with van der Waals surface area (Å²) in [5.41, 5.74) is 2.01. The number of carbonyl (C=O) groups excluding carboxylic acids is 1. The van der Waals surface area contributed by atoms with Gasteiger partial charge >= 0.3 is 0 Å². The number of anilines is 1. The lowest BCUT2D eigenvalue weighted by Crippen LogP contribution is -2.14. The fourth-order valence-corrected chi connectivity index (χ4v) is 4.45. The van der Waals surface area contributed by atoms with Crippen LogP contribution in [0.25, 0.3) is 5.69 Å². The molecule has 0 aliphatic heterocycles. The predicted octanol–water partition coefficient (Wildman–Crippen LogP) is 2.73. The second-order valence-corrected chi connectivity index (χ2v) is 7.67. The molecular formula is C16H16N6OS2. The van der Waals surface area contributed by atoms with Crippen LogP contribution in [-0.2, 0) is 17.6 Å². The van der Waals surface area contributed by atoms with Crippen LogP contribution in [0.1, 0.15) is 23.4 Å². The average Bonchev–Trinajstić information content (AvgIpc) is 3.26. The Morgan fingerprint density at radius 3 is 2.92 bits per heavy atom. The van der Waals surface area contributed by atoms with Gasteiger partial charge in [-0.05, 0) is 48.2 Å². The van der Waals surface area contributed by atoms with Crippen molar-refractivity contribution < 1.29 is 4.79 Å². The molecule has 1 aromatic carbocycles. The van der Waals surface area contributed by atoms with Crippen molar-refractivity contribution in [2.45, 2.75) is 30.8 Å². The van der Waals surface area contributed by atoms with E-state index in [1.165, 1.54) is 29.5 Å². The molecule has 1 N–H and O–H groups in total. The van der Waals surface area contributed by atoms with E-state index in [0.717, 1.165) is 24.2 Å². The van der Waals surface area contributed by atoms with Gasteiger partial charge < -0.3 is 5.32 Å². The van der Waals surface area contributed by atoms with Crippen LogP contribution in [0.15, 0.2) is 35.5 Å². The second-order valence-electron chi connectivity index (χ2n) is 5.64. The molecule has 2 heterocycles. The van der Waals surface area contributed by atoms with Crippen LogP contribution >= 0.6 is 23.1 Å². The number of nitrogens with one attached hydrogen (secondary N) is 1. The molecular weight excluding hydrogens is 356 g/mol. The Hall–Kier alpha value is -2.26. The van der Waals surface area contributed by atoms with Crippen molar-refractivity contribution in [3.05, 3.63) is 40.9 Å². The lowest BCUT2D eigenvalue weighted by atomic mass is 10.0. The first kappa shape index (κ1) is 16.2. The molecule has 0 unspecified atom stereocenters. The van der Waals surface area contributed by atoms with Gasteiger partial charge in [-0.15, -0.1) is 16.4 Å². The number of hydrogen-bond acceptors (Lipinski definition) is 7. The molecule has 0 spiro atoms. The maximum Gasteiger partial charge on any atom is 0.236 e. The van der Waals surface area contributed by atoms with E-state index in [2.05, 4.69) is 25.8 Å². The van der Waals surface area contributed by atoms with Crippen LogP contribution in [0.4, 0.5) is 5.13 Å².